The predicted molar refractivity (Wildman–Crippen MR) is 70.7 cm³/mol. The second kappa shape index (κ2) is 5.38. The number of amides is 1. The van der Waals surface area contributed by atoms with E-state index in [9.17, 15) is 4.79 Å². The molecule has 1 aromatic rings. The Morgan fingerprint density at radius 3 is 2.89 bits per heavy atom. The molecule has 1 saturated carbocycles. The van der Waals surface area contributed by atoms with Crippen LogP contribution in [0.2, 0.25) is 0 Å². The van der Waals surface area contributed by atoms with Gasteiger partial charge in [-0.2, -0.15) is 5.10 Å². The number of carbonyl (C=O) groups is 1. The molecule has 4 nitrogen and oxygen atoms in total. The third kappa shape index (κ3) is 3.00. The zero-order valence-electron chi connectivity index (χ0n) is 11.2. The van der Waals surface area contributed by atoms with Gasteiger partial charge in [-0.3, -0.25) is 4.79 Å². The molecule has 1 unspecified atom stereocenters. The van der Waals surface area contributed by atoms with E-state index >= 15 is 0 Å². The lowest BCUT2D eigenvalue weighted by atomic mass is 9.89. The van der Waals surface area contributed by atoms with Crippen molar-refractivity contribution < 1.29 is 9.21 Å². The van der Waals surface area contributed by atoms with Crippen molar-refractivity contribution in [3.05, 3.63) is 23.2 Å². The van der Waals surface area contributed by atoms with Crippen molar-refractivity contribution in [1.29, 1.82) is 0 Å². The Bertz CT molecular complexity index is 474. The van der Waals surface area contributed by atoms with E-state index in [2.05, 4.69) is 17.5 Å². The number of hydrogen-bond acceptors (Lipinski definition) is 3. The van der Waals surface area contributed by atoms with Gasteiger partial charge >= 0.3 is 0 Å². The van der Waals surface area contributed by atoms with E-state index in [-0.39, 0.29) is 5.91 Å². The molecular formula is C14H20N2O2. The summed E-state index contributed by atoms with van der Waals surface area (Å²) in [6, 6.07) is 1.74. The quantitative estimate of drug-likeness (QED) is 0.817. The predicted octanol–water partition coefficient (Wildman–Crippen LogP) is 3.19. The van der Waals surface area contributed by atoms with Gasteiger partial charge in [0.1, 0.15) is 11.5 Å². The summed E-state index contributed by atoms with van der Waals surface area (Å²) in [5.74, 6) is 1.88. The molecule has 1 amide bonds. The molecule has 0 aliphatic heterocycles. The van der Waals surface area contributed by atoms with Gasteiger partial charge in [0.25, 0.3) is 5.91 Å². The molecular weight excluding hydrogens is 228 g/mol. The molecule has 2 rings (SSSR count). The second-order valence-electron chi connectivity index (χ2n) is 5.15. The Morgan fingerprint density at radius 1 is 1.50 bits per heavy atom. The second-order valence-corrected chi connectivity index (χ2v) is 5.15. The highest BCUT2D eigenvalue weighted by Crippen LogP contribution is 2.21. The molecule has 1 atom stereocenters. The normalized spacial score (nSPS) is 22.2. The first-order valence-corrected chi connectivity index (χ1v) is 6.49. The van der Waals surface area contributed by atoms with Gasteiger partial charge in [0.05, 0.1) is 5.56 Å². The maximum Gasteiger partial charge on any atom is 0.274 e. The fourth-order valence-electron chi connectivity index (χ4n) is 2.41. The molecule has 0 radical (unpaired) electrons. The van der Waals surface area contributed by atoms with Crippen LogP contribution in [-0.2, 0) is 0 Å². The summed E-state index contributed by atoms with van der Waals surface area (Å²) in [7, 11) is 0. The Balaban J connectivity index is 1.99. The van der Waals surface area contributed by atoms with Crippen molar-refractivity contribution in [2.45, 2.75) is 46.5 Å². The van der Waals surface area contributed by atoms with E-state index in [0.717, 1.165) is 24.3 Å². The summed E-state index contributed by atoms with van der Waals surface area (Å²) in [6.45, 7) is 5.84. The highest BCUT2D eigenvalue weighted by Gasteiger charge is 2.16. The zero-order chi connectivity index (χ0) is 13.1. The van der Waals surface area contributed by atoms with Crippen molar-refractivity contribution in [1.82, 2.24) is 5.43 Å². The van der Waals surface area contributed by atoms with Crippen LogP contribution < -0.4 is 5.43 Å². The minimum atomic E-state index is -0.185. The van der Waals surface area contributed by atoms with Crippen LogP contribution in [-0.4, -0.2) is 11.6 Å². The number of rotatable bonds is 2. The molecule has 0 spiro atoms. The number of furan rings is 1. The molecule has 0 saturated heterocycles. The lowest BCUT2D eigenvalue weighted by Crippen LogP contribution is -2.22. The van der Waals surface area contributed by atoms with Crippen molar-refractivity contribution >= 4 is 11.6 Å². The van der Waals surface area contributed by atoms with Crippen LogP contribution in [0.5, 0.6) is 0 Å². The van der Waals surface area contributed by atoms with Crippen molar-refractivity contribution in [2.24, 2.45) is 11.0 Å². The summed E-state index contributed by atoms with van der Waals surface area (Å²) < 4.78 is 5.34. The Morgan fingerprint density at radius 2 is 2.28 bits per heavy atom. The van der Waals surface area contributed by atoms with Crippen LogP contribution >= 0.6 is 0 Å². The third-order valence-corrected chi connectivity index (χ3v) is 3.35. The maximum absolute atomic E-state index is 11.9. The first-order valence-electron chi connectivity index (χ1n) is 6.49. The number of carbonyl (C=O) groups excluding carboxylic acids is 1. The third-order valence-electron chi connectivity index (χ3n) is 3.35. The molecule has 1 fully saturated rings. The molecule has 1 heterocycles. The van der Waals surface area contributed by atoms with Crippen LogP contribution in [0.4, 0.5) is 0 Å². The fraction of sp³-hybridized carbons (Fsp3) is 0.571. The first-order chi connectivity index (χ1) is 8.56. The van der Waals surface area contributed by atoms with E-state index in [1.807, 2.05) is 6.92 Å². The van der Waals surface area contributed by atoms with Gasteiger partial charge in [-0.15, -0.1) is 0 Å². The maximum atomic E-state index is 11.9. The van der Waals surface area contributed by atoms with Gasteiger partial charge in [-0.25, -0.2) is 5.43 Å². The van der Waals surface area contributed by atoms with Gasteiger partial charge in [-0.1, -0.05) is 6.92 Å². The van der Waals surface area contributed by atoms with Crippen LogP contribution in [0.1, 0.15) is 54.5 Å². The summed E-state index contributed by atoms with van der Waals surface area (Å²) in [4.78, 5) is 11.9. The van der Waals surface area contributed by atoms with Crippen LogP contribution in [0.15, 0.2) is 15.6 Å². The van der Waals surface area contributed by atoms with Crippen LogP contribution in [0, 0.1) is 19.8 Å². The molecule has 0 bridgehead atoms. The summed E-state index contributed by atoms with van der Waals surface area (Å²) >= 11 is 0. The van der Waals surface area contributed by atoms with Crippen molar-refractivity contribution in [2.75, 3.05) is 0 Å². The molecule has 1 aliphatic carbocycles. The summed E-state index contributed by atoms with van der Waals surface area (Å²) in [6.07, 6.45) is 4.41. The van der Waals surface area contributed by atoms with Crippen molar-refractivity contribution in [3.8, 4) is 0 Å². The van der Waals surface area contributed by atoms with E-state index in [0.29, 0.717) is 17.2 Å². The monoisotopic (exact) mass is 248 g/mol. The van der Waals surface area contributed by atoms with E-state index in [1.165, 1.54) is 12.8 Å². The van der Waals surface area contributed by atoms with Gasteiger partial charge < -0.3 is 4.42 Å². The highest BCUT2D eigenvalue weighted by atomic mass is 16.3. The van der Waals surface area contributed by atoms with E-state index in [1.54, 1.807) is 13.0 Å². The fourth-order valence-corrected chi connectivity index (χ4v) is 2.41. The van der Waals surface area contributed by atoms with Gasteiger partial charge in [0.2, 0.25) is 0 Å². The smallest absolute Gasteiger partial charge is 0.274 e. The Labute approximate surface area is 107 Å². The Kier molecular flexibility index (Phi) is 3.84. The minimum Gasteiger partial charge on any atom is -0.466 e. The highest BCUT2D eigenvalue weighted by molar-refractivity contribution is 5.96. The van der Waals surface area contributed by atoms with E-state index in [4.69, 9.17) is 4.42 Å². The summed E-state index contributed by atoms with van der Waals surface area (Å²) in [5, 5.41) is 4.24. The molecule has 1 N–H and O–H groups in total. The number of nitrogens with one attached hydrogen (secondary N) is 1. The lowest BCUT2D eigenvalue weighted by Gasteiger charge is -2.18. The summed E-state index contributed by atoms with van der Waals surface area (Å²) in [5.41, 5.74) is 4.30. The first kappa shape index (κ1) is 12.9. The lowest BCUT2D eigenvalue weighted by molar-refractivity contribution is 0.0953. The standard InChI is InChI=1S/C14H20N2O2/c1-9-5-4-6-12(7-9)15-16-14(17)13-8-10(2)18-11(13)3/h8-9H,4-7H2,1-3H3,(H,16,17). The molecule has 18 heavy (non-hydrogen) atoms. The molecule has 1 aromatic heterocycles. The average molecular weight is 248 g/mol. The SMILES string of the molecule is Cc1cc(C(=O)NN=C2CCCC(C)C2)c(C)o1. The largest absolute Gasteiger partial charge is 0.466 e. The number of nitrogens with zero attached hydrogens (tertiary/aromatic N) is 1. The number of hydrogen-bond donors (Lipinski definition) is 1. The average Bonchev–Trinajstić information content (AvgIpc) is 2.66. The minimum absolute atomic E-state index is 0.185. The van der Waals surface area contributed by atoms with Gasteiger partial charge in [0, 0.05) is 5.71 Å². The molecule has 98 valence electrons. The topological polar surface area (TPSA) is 54.6 Å². The van der Waals surface area contributed by atoms with Crippen LogP contribution in [0.25, 0.3) is 0 Å². The number of aryl methyl sites for hydroxylation is 2. The zero-order valence-corrected chi connectivity index (χ0v) is 11.2. The molecule has 1 aliphatic rings. The molecule has 0 aromatic carbocycles. The van der Waals surface area contributed by atoms with Gasteiger partial charge in [0.15, 0.2) is 0 Å². The number of hydrazone groups is 1. The molecule has 4 heteroatoms. The van der Waals surface area contributed by atoms with Crippen LogP contribution in [0.3, 0.4) is 0 Å². The Hall–Kier alpha value is -1.58. The van der Waals surface area contributed by atoms with Gasteiger partial charge in [-0.05, 0) is 51.5 Å². The van der Waals surface area contributed by atoms with E-state index < -0.39 is 0 Å². The van der Waals surface area contributed by atoms with Crippen molar-refractivity contribution in [3.63, 3.8) is 0 Å².